The van der Waals surface area contributed by atoms with Gasteiger partial charge in [0.15, 0.2) is 9.84 Å². The SMILES string of the molecule is Cc1ccc(S(=O)(=O)CCN(CCO)CCO)c(C)c1. The topological polar surface area (TPSA) is 77.8 Å². The molecular formula is C14H23NO4S. The lowest BCUT2D eigenvalue weighted by molar-refractivity contribution is 0.167. The molecule has 2 N–H and O–H groups in total. The second kappa shape index (κ2) is 7.73. The molecule has 20 heavy (non-hydrogen) atoms. The van der Waals surface area contributed by atoms with Crippen LogP contribution in [0.4, 0.5) is 0 Å². The Morgan fingerprint density at radius 2 is 1.65 bits per heavy atom. The molecule has 0 heterocycles. The molecule has 1 rings (SSSR count). The average molecular weight is 301 g/mol. The number of aryl methyl sites for hydroxylation is 2. The Balaban J connectivity index is 2.78. The van der Waals surface area contributed by atoms with Crippen molar-refractivity contribution in [3.63, 3.8) is 0 Å². The first-order valence-electron chi connectivity index (χ1n) is 6.65. The number of nitrogens with zero attached hydrogens (tertiary/aromatic N) is 1. The van der Waals surface area contributed by atoms with Gasteiger partial charge in [-0.1, -0.05) is 17.7 Å². The highest BCUT2D eigenvalue weighted by Crippen LogP contribution is 2.18. The minimum Gasteiger partial charge on any atom is -0.395 e. The van der Waals surface area contributed by atoms with Crippen LogP contribution >= 0.6 is 0 Å². The van der Waals surface area contributed by atoms with Crippen LogP contribution in [-0.2, 0) is 9.84 Å². The predicted molar refractivity (Wildman–Crippen MR) is 78.6 cm³/mol. The molecule has 0 atom stereocenters. The Labute approximate surface area is 120 Å². The molecule has 0 amide bonds. The van der Waals surface area contributed by atoms with Crippen molar-refractivity contribution in [3.8, 4) is 0 Å². The molecule has 1 aromatic rings. The highest BCUT2D eigenvalue weighted by Gasteiger charge is 2.18. The highest BCUT2D eigenvalue weighted by atomic mass is 32.2. The standard InChI is InChI=1S/C14H23NO4S/c1-12-3-4-14(13(2)11-12)20(18,19)10-7-15(5-8-16)6-9-17/h3-4,11,16-17H,5-10H2,1-2H3. The van der Waals surface area contributed by atoms with Gasteiger partial charge >= 0.3 is 0 Å². The van der Waals surface area contributed by atoms with Gasteiger partial charge in [-0.15, -0.1) is 0 Å². The first kappa shape index (κ1) is 17.1. The van der Waals surface area contributed by atoms with Gasteiger partial charge in [-0.3, -0.25) is 4.90 Å². The Hall–Kier alpha value is -0.950. The van der Waals surface area contributed by atoms with Gasteiger partial charge in [-0.05, 0) is 25.5 Å². The van der Waals surface area contributed by atoms with Crippen LogP contribution < -0.4 is 0 Å². The molecule has 5 nitrogen and oxygen atoms in total. The van der Waals surface area contributed by atoms with Crippen molar-refractivity contribution >= 4 is 9.84 Å². The third-order valence-corrected chi connectivity index (χ3v) is 5.02. The molecule has 6 heteroatoms. The lowest BCUT2D eigenvalue weighted by atomic mass is 10.2. The van der Waals surface area contributed by atoms with Crippen LogP contribution in [0.15, 0.2) is 23.1 Å². The summed E-state index contributed by atoms with van der Waals surface area (Å²) in [6, 6.07) is 5.29. The molecule has 0 spiro atoms. The third kappa shape index (κ3) is 4.86. The predicted octanol–water partition coefficient (Wildman–Crippen LogP) is 0.364. The largest absolute Gasteiger partial charge is 0.395 e. The molecular weight excluding hydrogens is 278 g/mol. The van der Waals surface area contributed by atoms with Gasteiger partial charge in [0.25, 0.3) is 0 Å². The van der Waals surface area contributed by atoms with E-state index in [9.17, 15) is 8.42 Å². The van der Waals surface area contributed by atoms with Gasteiger partial charge in [-0.2, -0.15) is 0 Å². The Morgan fingerprint density at radius 3 is 2.15 bits per heavy atom. The van der Waals surface area contributed by atoms with E-state index in [4.69, 9.17) is 10.2 Å². The number of aliphatic hydroxyl groups is 2. The fourth-order valence-corrected chi connectivity index (χ4v) is 3.67. The minimum atomic E-state index is -3.34. The van der Waals surface area contributed by atoms with E-state index in [1.165, 1.54) is 0 Å². The van der Waals surface area contributed by atoms with E-state index in [0.717, 1.165) is 11.1 Å². The van der Waals surface area contributed by atoms with Crippen LogP contribution in [-0.4, -0.2) is 62.1 Å². The lowest BCUT2D eigenvalue weighted by Gasteiger charge is -2.20. The second-order valence-electron chi connectivity index (χ2n) is 4.88. The molecule has 0 aliphatic heterocycles. The lowest BCUT2D eigenvalue weighted by Crippen LogP contribution is -2.34. The van der Waals surface area contributed by atoms with Crippen LogP contribution in [0.2, 0.25) is 0 Å². The molecule has 114 valence electrons. The maximum absolute atomic E-state index is 12.3. The summed E-state index contributed by atoms with van der Waals surface area (Å²) in [5.41, 5.74) is 1.78. The normalized spacial score (nSPS) is 12.1. The Morgan fingerprint density at radius 1 is 1.05 bits per heavy atom. The van der Waals surface area contributed by atoms with Gasteiger partial charge in [-0.25, -0.2) is 8.42 Å². The zero-order chi connectivity index (χ0) is 15.2. The van der Waals surface area contributed by atoms with Crippen molar-refractivity contribution in [2.75, 3.05) is 38.6 Å². The summed E-state index contributed by atoms with van der Waals surface area (Å²) in [4.78, 5) is 2.09. The van der Waals surface area contributed by atoms with E-state index in [1.807, 2.05) is 13.0 Å². The van der Waals surface area contributed by atoms with Crippen molar-refractivity contribution in [2.24, 2.45) is 0 Å². The zero-order valence-electron chi connectivity index (χ0n) is 12.0. The number of rotatable bonds is 8. The molecule has 0 unspecified atom stereocenters. The fraction of sp³-hybridized carbons (Fsp3) is 0.571. The summed E-state index contributed by atoms with van der Waals surface area (Å²) in [6.07, 6.45) is 0. The van der Waals surface area contributed by atoms with Gasteiger partial charge < -0.3 is 10.2 Å². The number of sulfone groups is 1. The number of benzene rings is 1. The Bertz CT molecular complexity index is 522. The molecule has 0 saturated carbocycles. The first-order chi connectivity index (χ1) is 9.40. The van der Waals surface area contributed by atoms with Crippen molar-refractivity contribution in [1.29, 1.82) is 0 Å². The number of aliphatic hydroxyl groups excluding tert-OH is 2. The van der Waals surface area contributed by atoms with E-state index < -0.39 is 9.84 Å². The summed E-state index contributed by atoms with van der Waals surface area (Å²) >= 11 is 0. The van der Waals surface area contributed by atoms with Crippen LogP contribution in [0.3, 0.4) is 0 Å². The fourth-order valence-electron chi connectivity index (χ4n) is 2.13. The summed E-state index contributed by atoms with van der Waals surface area (Å²) < 4.78 is 24.7. The van der Waals surface area contributed by atoms with Gasteiger partial charge in [0.05, 0.1) is 23.9 Å². The summed E-state index contributed by atoms with van der Waals surface area (Å²) in [6.45, 7) is 4.64. The highest BCUT2D eigenvalue weighted by molar-refractivity contribution is 7.91. The van der Waals surface area contributed by atoms with E-state index in [2.05, 4.69) is 0 Å². The maximum Gasteiger partial charge on any atom is 0.179 e. The Kier molecular flexibility index (Phi) is 6.61. The second-order valence-corrected chi connectivity index (χ2v) is 6.95. The summed E-state index contributed by atoms with van der Waals surface area (Å²) in [7, 11) is -3.34. The summed E-state index contributed by atoms with van der Waals surface area (Å²) in [5.74, 6) is -0.0170. The minimum absolute atomic E-state index is 0.0170. The maximum atomic E-state index is 12.3. The molecule has 1 aromatic carbocycles. The van der Waals surface area contributed by atoms with Gasteiger partial charge in [0.2, 0.25) is 0 Å². The molecule has 0 aliphatic carbocycles. The van der Waals surface area contributed by atoms with Gasteiger partial charge in [0.1, 0.15) is 0 Å². The molecule has 0 aliphatic rings. The summed E-state index contributed by atoms with van der Waals surface area (Å²) in [5, 5.41) is 17.8. The van der Waals surface area contributed by atoms with Crippen molar-refractivity contribution < 1.29 is 18.6 Å². The van der Waals surface area contributed by atoms with E-state index in [-0.39, 0.29) is 19.0 Å². The number of hydrogen-bond donors (Lipinski definition) is 2. The van der Waals surface area contributed by atoms with Crippen LogP contribution in [0, 0.1) is 13.8 Å². The quantitative estimate of drug-likeness (QED) is 0.725. The van der Waals surface area contributed by atoms with Crippen molar-refractivity contribution in [2.45, 2.75) is 18.7 Å². The van der Waals surface area contributed by atoms with Crippen LogP contribution in [0.25, 0.3) is 0 Å². The molecule has 0 bridgehead atoms. The monoisotopic (exact) mass is 301 g/mol. The van der Waals surface area contributed by atoms with E-state index >= 15 is 0 Å². The average Bonchev–Trinajstić information content (AvgIpc) is 2.36. The van der Waals surface area contributed by atoms with Crippen LogP contribution in [0.1, 0.15) is 11.1 Å². The smallest absolute Gasteiger partial charge is 0.179 e. The molecule has 0 fully saturated rings. The van der Waals surface area contributed by atoms with Crippen LogP contribution in [0.5, 0.6) is 0 Å². The molecule has 0 aromatic heterocycles. The number of hydrogen-bond acceptors (Lipinski definition) is 5. The zero-order valence-corrected chi connectivity index (χ0v) is 12.9. The van der Waals surface area contributed by atoms with Crippen molar-refractivity contribution in [3.05, 3.63) is 29.3 Å². The van der Waals surface area contributed by atoms with Gasteiger partial charge in [0, 0.05) is 19.6 Å². The first-order valence-corrected chi connectivity index (χ1v) is 8.30. The third-order valence-electron chi connectivity index (χ3n) is 3.17. The molecule has 0 radical (unpaired) electrons. The van der Waals surface area contributed by atoms with E-state index in [1.54, 1.807) is 24.0 Å². The van der Waals surface area contributed by atoms with E-state index in [0.29, 0.717) is 24.5 Å². The van der Waals surface area contributed by atoms with Crippen molar-refractivity contribution in [1.82, 2.24) is 4.90 Å². The molecule has 0 saturated heterocycles.